The molecule has 4 nitrogen and oxygen atoms in total. The van der Waals surface area contributed by atoms with Crippen LogP contribution in [0.25, 0.3) is 0 Å². The van der Waals surface area contributed by atoms with Crippen LogP contribution < -0.4 is 0 Å². The van der Waals surface area contributed by atoms with E-state index in [-0.39, 0.29) is 5.78 Å². The number of aromatic nitrogens is 1. The van der Waals surface area contributed by atoms with Crippen LogP contribution in [0, 0.1) is 13.8 Å². The zero-order valence-corrected chi connectivity index (χ0v) is 7.55. The Kier molecular flexibility index (Phi) is 2.51. The Bertz CT molecular complexity index is 352. The summed E-state index contributed by atoms with van der Waals surface area (Å²) in [5.74, 6) is -1.45. The maximum atomic E-state index is 11.3. The molecular weight excluding hydrogens is 170 g/mol. The highest BCUT2D eigenvalue weighted by molar-refractivity contribution is 6.06. The number of carboxylic acids is 1. The monoisotopic (exact) mass is 181 g/mol. The lowest BCUT2D eigenvalue weighted by Gasteiger charge is -1.94. The molecule has 1 rings (SSSR count). The molecule has 2 N–H and O–H groups in total. The van der Waals surface area contributed by atoms with E-state index in [9.17, 15) is 9.59 Å². The molecule has 0 atom stereocenters. The lowest BCUT2D eigenvalue weighted by molar-refractivity contribution is -0.135. The summed E-state index contributed by atoms with van der Waals surface area (Å²) in [6.07, 6.45) is -0.446. The lowest BCUT2D eigenvalue weighted by Crippen LogP contribution is -2.07. The van der Waals surface area contributed by atoms with Gasteiger partial charge in [-0.1, -0.05) is 0 Å². The van der Waals surface area contributed by atoms with Gasteiger partial charge in [-0.2, -0.15) is 0 Å². The molecule has 0 aliphatic carbocycles. The molecule has 70 valence electrons. The van der Waals surface area contributed by atoms with Gasteiger partial charge in [-0.05, 0) is 19.9 Å². The lowest BCUT2D eigenvalue weighted by atomic mass is 10.1. The van der Waals surface area contributed by atoms with Crippen molar-refractivity contribution >= 4 is 11.8 Å². The third-order valence-electron chi connectivity index (χ3n) is 1.76. The molecule has 0 saturated heterocycles. The van der Waals surface area contributed by atoms with E-state index in [0.29, 0.717) is 5.56 Å². The van der Waals surface area contributed by atoms with Crippen LogP contribution in [0.1, 0.15) is 28.2 Å². The second kappa shape index (κ2) is 3.43. The topological polar surface area (TPSA) is 70.2 Å². The number of rotatable bonds is 3. The summed E-state index contributed by atoms with van der Waals surface area (Å²) in [5, 5.41) is 8.41. The second-order valence-corrected chi connectivity index (χ2v) is 2.98. The number of carbonyl (C=O) groups excluding carboxylic acids is 1. The van der Waals surface area contributed by atoms with Gasteiger partial charge < -0.3 is 10.1 Å². The standard InChI is InChI=1S/C9H11NO3/c1-5-3-7(6(2)10-5)8(11)4-9(12)13/h3,10H,4H2,1-2H3,(H,12,13). The quantitative estimate of drug-likeness (QED) is 0.545. The molecule has 0 aliphatic rings. The number of aryl methyl sites for hydroxylation is 2. The molecular formula is C9H11NO3. The maximum Gasteiger partial charge on any atom is 0.311 e. The fourth-order valence-corrected chi connectivity index (χ4v) is 1.25. The van der Waals surface area contributed by atoms with Crippen molar-refractivity contribution in [1.82, 2.24) is 4.98 Å². The number of ketones is 1. The molecule has 0 bridgehead atoms. The molecule has 1 aromatic rings. The van der Waals surface area contributed by atoms with E-state index in [1.54, 1.807) is 13.0 Å². The highest BCUT2D eigenvalue weighted by Crippen LogP contribution is 2.11. The molecule has 0 amide bonds. The first-order valence-electron chi connectivity index (χ1n) is 3.92. The minimum atomic E-state index is -1.09. The van der Waals surface area contributed by atoms with Crippen molar-refractivity contribution in [3.63, 3.8) is 0 Å². The fraction of sp³-hybridized carbons (Fsp3) is 0.333. The molecule has 1 aromatic heterocycles. The van der Waals surface area contributed by atoms with Gasteiger partial charge in [-0.25, -0.2) is 0 Å². The first-order chi connectivity index (χ1) is 6.00. The van der Waals surface area contributed by atoms with Crippen LogP contribution in [-0.4, -0.2) is 21.8 Å². The van der Waals surface area contributed by atoms with E-state index in [4.69, 9.17) is 5.11 Å². The van der Waals surface area contributed by atoms with E-state index in [1.165, 1.54) is 0 Å². The minimum Gasteiger partial charge on any atom is -0.481 e. The van der Waals surface area contributed by atoms with Gasteiger partial charge in [0.25, 0.3) is 0 Å². The van der Waals surface area contributed by atoms with Crippen molar-refractivity contribution in [2.75, 3.05) is 0 Å². The Morgan fingerprint density at radius 1 is 1.46 bits per heavy atom. The molecule has 13 heavy (non-hydrogen) atoms. The third kappa shape index (κ3) is 2.18. The molecule has 0 spiro atoms. The first kappa shape index (κ1) is 9.51. The Hall–Kier alpha value is -1.58. The summed E-state index contributed by atoms with van der Waals surface area (Å²) in [6.45, 7) is 3.58. The highest BCUT2D eigenvalue weighted by atomic mass is 16.4. The van der Waals surface area contributed by atoms with Gasteiger partial charge in [-0.15, -0.1) is 0 Å². The molecule has 0 aliphatic heterocycles. The van der Waals surface area contributed by atoms with Crippen molar-refractivity contribution in [1.29, 1.82) is 0 Å². The van der Waals surface area contributed by atoms with Crippen molar-refractivity contribution in [2.45, 2.75) is 20.3 Å². The molecule has 0 aromatic carbocycles. The Balaban J connectivity index is 2.88. The highest BCUT2D eigenvalue weighted by Gasteiger charge is 2.14. The summed E-state index contributed by atoms with van der Waals surface area (Å²) in [7, 11) is 0. The van der Waals surface area contributed by atoms with E-state index in [1.807, 2.05) is 6.92 Å². The van der Waals surface area contributed by atoms with Gasteiger partial charge in [0.1, 0.15) is 6.42 Å². The first-order valence-corrected chi connectivity index (χ1v) is 3.92. The Morgan fingerprint density at radius 2 is 2.08 bits per heavy atom. The van der Waals surface area contributed by atoms with Crippen LogP contribution in [0.3, 0.4) is 0 Å². The van der Waals surface area contributed by atoms with Crippen LogP contribution in [0.2, 0.25) is 0 Å². The number of Topliss-reactive ketones (excluding diaryl/α,β-unsaturated/α-hetero) is 1. The van der Waals surface area contributed by atoms with E-state index >= 15 is 0 Å². The summed E-state index contributed by atoms with van der Waals surface area (Å²) < 4.78 is 0. The molecule has 0 saturated carbocycles. The smallest absolute Gasteiger partial charge is 0.311 e. The molecule has 0 unspecified atom stereocenters. The van der Waals surface area contributed by atoms with Crippen molar-refractivity contribution in [2.24, 2.45) is 0 Å². The Morgan fingerprint density at radius 3 is 2.46 bits per heavy atom. The van der Waals surface area contributed by atoms with Gasteiger partial charge in [0.2, 0.25) is 0 Å². The van der Waals surface area contributed by atoms with Gasteiger partial charge in [0, 0.05) is 17.0 Å². The van der Waals surface area contributed by atoms with Crippen molar-refractivity contribution in [3.8, 4) is 0 Å². The average molecular weight is 181 g/mol. The number of carbonyl (C=O) groups is 2. The SMILES string of the molecule is Cc1cc(C(=O)CC(=O)O)c(C)[nH]1. The number of aliphatic carboxylic acids is 1. The van der Waals surface area contributed by atoms with Gasteiger partial charge in [-0.3, -0.25) is 9.59 Å². The number of carboxylic acid groups (broad SMARTS) is 1. The van der Waals surface area contributed by atoms with E-state index < -0.39 is 12.4 Å². The minimum absolute atomic E-state index is 0.352. The van der Waals surface area contributed by atoms with Crippen LogP contribution in [0.15, 0.2) is 6.07 Å². The van der Waals surface area contributed by atoms with E-state index in [2.05, 4.69) is 4.98 Å². The van der Waals surface area contributed by atoms with Crippen molar-refractivity contribution in [3.05, 3.63) is 23.0 Å². The molecule has 0 radical (unpaired) electrons. The van der Waals surface area contributed by atoms with E-state index in [0.717, 1.165) is 11.4 Å². The molecule has 0 fully saturated rings. The molecule has 4 heteroatoms. The fourth-order valence-electron chi connectivity index (χ4n) is 1.25. The summed E-state index contributed by atoms with van der Waals surface area (Å²) >= 11 is 0. The van der Waals surface area contributed by atoms with Gasteiger partial charge in [0.05, 0.1) is 0 Å². The van der Waals surface area contributed by atoms with Gasteiger partial charge in [0.15, 0.2) is 5.78 Å². The van der Waals surface area contributed by atoms with Crippen LogP contribution in [-0.2, 0) is 4.79 Å². The number of hydrogen-bond donors (Lipinski definition) is 2. The van der Waals surface area contributed by atoms with Crippen LogP contribution >= 0.6 is 0 Å². The Labute approximate surface area is 75.6 Å². The summed E-state index contributed by atoms with van der Waals surface area (Å²) in [5.41, 5.74) is 2.06. The predicted octanol–water partition coefficient (Wildman–Crippen LogP) is 1.29. The van der Waals surface area contributed by atoms with Gasteiger partial charge >= 0.3 is 5.97 Å². The predicted molar refractivity (Wildman–Crippen MR) is 46.9 cm³/mol. The van der Waals surface area contributed by atoms with Crippen LogP contribution in [0.4, 0.5) is 0 Å². The molecule has 1 heterocycles. The summed E-state index contributed by atoms with van der Waals surface area (Å²) in [6, 6.07) is 1.67. The number of H-pyrrole nitrogens is 1. The van der Waals surface area contributed by atoms with Crippen molar-refractivity contribution < 1.29 is 14.7 Å². The van der Waals surface area contributed by atoms with Crippen LogP contribution in [0.5, 0.6) is 0 Å². The number of nitrogens with one attached hydrogen (secondary N) is 1. The summed E-state index contributed by atoms with van der Waals surface area (Å²) in [4.78, 5) is 24.5. The largest absolute Gasteiger partial charge is 0.481 e. The second-order valence-electron chi connectivity index (χ2n) is 2.98. The third-order valence-corrected chi connectivity index (χ3v) is 1.76. The number of hydrogen-bond acceptors (Lipinski definition) is 2. The zero-order chi connectivity index (χ0) is 10.0. The maximum absolute atomic E-state index is 11.3. The zero-order valence-electron chi connectivity index (χ0n) is 7.55. The normalized spacial score (nSPS) is 10.0. The average Bonchev–Trinajstić information content (AvgIpc) is 2.28. The number of aromatic amines is 1.